The monoisotopic (exact) mass is 467 g/mol. The van der Waals surface area contributed by atoms with Crippen LogP contribution in [0.4, 0.5) is 5.69 Å². The molecule has 5 nitrogen and oxygen atoms in total. The van der Waals surface area contributed by atoms with Gasteiger partial charge in [-0.1, -0.05) is 66.7 Å². The fourth-order valence-electron chi connectivity index (χ4n) is 4.58. The van der Waals surface area contributed by atoms with Gasteiger partial charge in [0.1, 0.15) is 6.04 Å². The zero-order valence-corrected chi connectivity index (χ0v) is 20.6. The minimum Gasteiger partial charge on any atom is -0.345 e. The maximum Gasteiger partial charge on any atom is 0.249 e. The molecule has 0 saturated carbocycles. The van der Waals surface area contributed by atoms with Crippen molar-refractivity contribution in [2.45, 2.75) is 45.7 Å². The molecule has 2 amide bonds. The van der Waals surface area contributed by atoms with E-state index in [9.17, 15) is 9.59 Å². The molecule has 0 spiro atoms. The van der Waals surface area contributed by atoms with E-state index in [0.29, 0.717) is 13.0 Å². The van der Waals surface area contributed by atoms with Crippen molar-refractivity contribution in [2.75, 3.05) is 11.4 Å². The smallest absolute Gasteiger partial charge is 0.249 e. The molecule has 35 heavy (non-hydrogen) atoms. The van der Waals surface area contributed by atoms with Gasteiger partial charge >= 0.3 is 0 Å². The van der Waals surface area contributed by atoms with Gasteiger partial charge in [-0.25, -0.2) is 0 Å². The van der Waals surface area contributed by atoms with Gasteiger partial charge in [-0.05, 0) is 50.1 Å². The van der Waals surface area contributed by atoms with Crippen LogP contribution in [0.25, 0.3) is 10.9 Å². The molecular formula is C30H33N3O2. The highest BCUT2D eigenvalue weighted by Crippen LogP contribution is 2.25. The second kappa shape index (κ2) is 11.0. The summed E-state index contributed by atoms with van der Waals surface area (Å²) in [6.45, 7) is 6.74. The Morgan fingerprint density at radius 2 is 1.51 bits per heavy atom. The Morgan fingerprint density at radius 3 is 2.17 bits per heavy atom. The molecule has 4 rings (SSSR count). The lowest BCUT2D eigenvalue weighted by Gasteiger charge is -2.27. The molecule has 0 unspecified atom stereocenters. The highest BCUT2D eigenvalue weighted by Gasteiger charge is 2.27. The first-order valence-electron chi connectivity index (χ1n) is 12.3. The van der Waals surface area contributed by atoms with Gasteiger partial charge in [0.15, 0.2) is 0 Å². The standard InChI is InChI=1S/C30H33N3O2/c1-4-32(25-15-9-6-10-16-25)30(35)27(19-23-13-7-5-8-14-23)31-29(34)20-24-21-33(22(2)3)28-18-12-11-17-26(24)28/h5-18,21-22,27H,4,19-20H2,1-3H3,(H,31,34)/t27-/m0/s1. The van der Waals surface area contributed by atoms with Crippen LogP contribution in [0.5, 0.6) is 0 Å². The van der Waals surface area contributed by atoms with Crippen LogP contribution < -0.4 is 10.2 Å². The number of carbonyl (C=O) groups excluding carboxylic acids is 2. The minimum atomic E-state index is -0.663. The van der Waals surface area contributed by atoms with Crippen molar-refractivity contribution in [1.29, 1.82) is 0 Å². The predicted octanol–water partition coefficient (Wildman–Crippen LogP) is 5.55. The van der Waals surface area contributed by atoms with Gasteiger partial charge in [0.25, 0.3) is 0 Å². The third kappa shape index (κ3) is 5.62. The first-order chi connectivity index (χ1) is 17.0. The summed E-state index contributed by atoms with van der Waals surface area (Å²) >= 11 is 0. The number of carbonyl (C=O) groups is 2. The molecule has 0 bridgehead atoms. The molecular weight excluding hydrogens is 434 g/mol. The van der Waals surface area contributed by atoms with E-state index >= 15 is 0 Å². The zero-order valence-electron chi connectivity index (χ0n) is 20.6. The predicted molar refractivity (Wildman–Crippen MR) is 143 cm³/mol. The third-order valence-corrected chi connectivity index (χ3v) is 6.30. The van der Waals surface area contributed by atoms with E-state index in [1.165, 1.54) is 0 Å². The normalized spacial score (nSPS) is 12.0. The van der Waals surface area contributed by atoms with Gasteiger partial charge in [-0.3, -0.25) is 9.59 Å². The lowest BCUT2D eigenvalue weighted by Crippen LogP contribution is -2.50. The largest absolute Gasteiger partial charge is 0.345 e. The van der Waals surface area contributed by atoms with Crippen molar-refractivity contribution >= 4 is 28.4 Å². The number of nitrogens with one attached hydrogen (secondary N) is 1. The summed E-state index contributed by atoms with van der Waals surface area (Å²) in [7, 11) is 0. The molecule has 0 aliphatic rings. The Kier molecular flexibility index (Phi) is 7.66. The van der Waals surface area contributed by atoms with Crippen molar-refractivity contribution in [3.05, 3.63) is 102 Å². The number of likely N-dealkylation sites (N-methyl/N-ethyl adjacent to an activating group) is 1. The van der Waals surface area contributed by atoms with E-state index in [-0.39, 0.29) is 24.3 Å². The van der Waals surface area contributed by atoms with Crippen LogP contribution in [0, 0.1) is 0 Å². The van der Waals surface area contributed by atoms with Crippen molar-refractivity contribution in [3.63, 3.8) is 0 Å². The van der Waals surface area contributed by atoms with Gasteiger partial charge in [0.05, 0.1) is 6.42 Å². The number of amides is 2. The second-order valence-corrected chi connectivity index (χ2v) is 9.08. The number of nitrogens with zero attached hydrogens (tertiary/aromatic N) is 2. The number of benzene rings is 3. The summed E-state index contributed by atoms with van der Waals surface area (Å²) < 4.78 is 2.19. The molecule has 0 fully saturated rings. The van der Waals surface area contributed by atoms with Crippen molar-refractivity contribution in [3.8, 4) is 0 Å². The SMILES string of the molecule is CCN(C(=O)[C@H](Cc1ccccc1)NC(=O)Cc1cn(C(C)C)c2ccccc12)c1ccccc1. The molecule has 0 saturated heterocycles. The van der Waals surface area contributed by atoms with E-state index < -0.39 is 6.04 Å². The molecule has 1 N–H and O–H groups in total. The lowest BCUT2D eigenvalue weighted by molar-refractivity contribution is -0.127. The molecule has 0 aliphatic heterocycles. The molecule has 4 aromatic rings. The van der Waals surface area contributed by atoms with Gasteiger partial charge < -0.3 is 14.8 Å². The van der Waals surface area contributed by atoms with Crippen LogP contribution in [-0.4, -0.2) is 29.0 Å². The van der Waals surface area contributed by atoms with E-state index in [1.807, 2.05) is 79.7 Å². The van der Waals surface area contributed by atoms with E-state index in [0.717, 1.165) is 27.7 Å². The van der Waals surface area contributed by atoms with Crippen LogP contribution in [0.1, 0.15) is 37.9 Å². The first kappa shape index (κ1) is 24.3. The number of hydrogen-bond acceptors (Lipinski definition) is 2. The van der Waals surface area contributed by atoms with Crippen molar-refractivity contribution in [1.82, 2.24) is 9.88 Å². The molecule has 3 aromatic carbocycles. The quantitative estimate of drug-likeness (QED) is 0.351. The van der Waals surface area contributed by atoms with Crippen LogP contribution in [-0.2, 0) is 22.4 Å². The number of anilines is 1. The molecule has 180 valence electrons. The average Bonchev–Trinajstić information content (AvgIpc) is 3.24. The topological polar surface area (TPSA) is 54.3 Å². The van der Waals surface area contributed by atoms with E-state index in [1.54, 1.807) is 4.90 Å². The number of para-hydroxylation sites is 2. The van der Waals surface area contributed by atoms with Crippen LogP contribution in [0.15, 0.2) is 91.1 Å². The van der Waals surface area contributed by atoms with Crippen LogP contribution in [0.2, 0.25) is 0 Å². The summed E-state index contributed by atoms with van der Waals surface area (Å²) in [6.07, 6.45) is 2.71. The third-order valence-electron chi connectivity index (χ3n) is 6.30. The molecule has 1 heterocycles. The fraction of sp³-hybridized carbons (Fsp3) is 0.267. The molecule has 0 aliphatic carbocycles. The number of aromatic nitrogens is 1. The fourth-order valence-corrected chi connectivity index (χ4v) is 4.58. The Balaban J connectivity index is 1.59. The highest BCUT2D eigenvalue weighted by atomic mass is 16.2. The van der Waals surface area contributed by atoms with E-state index in [4.69, 9.17) is 0 Å². The van der Waals surface area contributed by atoms with Crippen molar-refractivity contribution in [2.24, 2.45) is 0 Å². The van der Waals surface area contributed by atoms with Gasteiger partial charge in [-0.2, -0.15) is 0 Å². The second-order valence-electron chi connectivity index (χ2n) is 9.08. The maximum absolute atomic E-state index is 13.7. The van der Waals surface area contributed by atoms with Crippen LogP contribution >= 0.6 is 0 Å². The Morgan fingerprint density at radius 1 is 0.886 bits per heavy atom. The first-order valence-corrected chi connectivity index (χ1v) is 12.3. The van der Waals surface area contributed by atoms with Gasteiger partial charge in [0.2, 0.25) is 11.8 Å². The van der Waals surface area contributed by atoms with E-state index in [2.05, 4.69) is 42.1 Å². The molecule has 1 aromatic heterocycles. The summed E-state index contributed by atoms with van der Waals surface area (Å²) in [6, 6.07) is 27.2. The summed E-state index contributed by atoms with van der Waals surface area (Å²) in [4.78, 5) is 28.7. The lowest BCUT2D eigenvalue weighted by atomic mass is 10.0. The van der Waals surface area contributed by atoms with Gasteiger partial charge in [-0.15, -0.1) is 0 Å². The van der Waals surface area contributed by atoms with Crippen LogP contribution in [0.3, 0.4) is 0 Å². The van der Waals surface area contributed by atoms with Crippen molar-refractivity contribution < 1.29 is 9.59 Å². The number of fused-ring (bicyclic) bond motifs is 1. The molecule has 1 atom stereocenters. The van der Waals surface area contributed by atoms with Gasteiger partial charge in [0, 0.05) is 41.8 Å². The number of rotatable bonds is 9. The number of hydrogen-bond donors (Lipinski definition) is 1. The Labute approximate surface area is 207 Å². The summed E-state index contributed by atoms with van der Waals surface area (Å²) in [5, 5.41) is 4.13. The molecule has 5 heteroatoms. The zero-order chi connectivity index (χ0) is 24.8. The Hall–Kier alpha value is -3.86. The summed E-state index contributed by atoms with van der Waals surface area (Å²) in [5.41, 5.74) is 3.91. The minimum absolute atomic E-state index is 0.111. The highest BCUT2D eigenvalue weighted by molar-refractivity contribution is 6.00. The maximum atomic E-state index is 13.7. The molecule has 0 radical (unpaired) electrons. The Bertz CT molecular complexity index is 1280. The summed E-state index contributed by atoms with van der Waals surface area (Å²) in [5.74, 6) is -0.268. The average molecular weight is 468 g/mol.